The number of likely N-dealkylation sites (tertiary alicyclic amines) is 1. The minimum Gasteiger partial charge on any atom is -0.436 e. The number of benzene rings is 1. The molecule has 0 radical (unpaired) electrons. The van der Waals surface area contributed by atoms with Crippen LogP contribution in [0.25, 0.3) is 0 Å². The molecular weight excluding hydrogens is 276 g/mol. The van der Waals surface area contributed by atoms with Crippen molar-refractivity contribution in [1.82, 2.24) is 9.80 Å². The van der Waals surface area contributed by atoms with Gasteiger partial charge in [0.15, 0.2) is 5.60 Å². The van der Waals surface area contributed by atoms with Crippen molar-refractivity contribution in [2.24, 2.45) is 0 Å². The van der Waals surface area contributed by atoms with Gasteiger partial charge in [0.2, 0.25) is 0 Å². The highest BCUT2D eigenvalue weighted by molar-refractivity contribution is 5.74. The first kappa shape index (κ1) is 15.1. The summed E-state index contributed by atoms with van der Waals surface area (Å²) >= 11 is 0. The topological polar surface area (TPSA) is 32.8 Å². The van der Waals surface area contributed by atoms with Crippen molar-refractivity contribution in [3.05, 3.63) is 48.2 Å². The Labute approximate surface area is 132 Å². The van der Waals surface area contributed by atoms with Crippen LogP contribution in [-0.2, 0) is 11.3 Å². The summed E-state index contributed by atoms with van der Waals surface area (Å²) in [5.74, 6) is 0. The second-order valence-corrected chi connectivity index (χ2v) is 6.22. The van der Waals surface area contributed by atoms with E-state index in [9.17, 15) is 4.79 Å². The van der Waals surface area contributed by atoms with Crippen molar-refractivity contribution >= 4 is 6.09 Å². The predicted octanol–water partition coefficient (Wildman–Crippen LogP) is 3.40. The molecule has 0 unspecified atom stereocenters. The maximum Gasteiger partial charge on any atom is 0.415 e. The van der Waals surface area contributed by atoms with Gasteiger partial charge in [0.05, 0.1) is 5.70 Å². The lowest BCUT2D eigenvalue weighted by Gasteiger charge is -2.38. The first-order valence-electron chi connectivity index (χ1n) is 8.11. The van der Waals surface area contributed by atoms with E-state index in [-0.39, 0.29) is 6.09 Å². The molecule has 4 heteroatoms. The number of hydrogen-bond donors (Lipinski definition) is 0. The summed E-state index contributed by atoms with van der Waals surface area (Å²) in [7, 11) is 0. The molecule has 22 heavy (non-hydrogen) atoms. The number of carbonyl (C=O) groups is 1. The van der Waals surface area contributed by atoms with Crippen LogP contribution in [0.5, 0.6) is 0 Å². The molecule has 2 aliphatic rings. The Kier molecular flexibility index (Phi) is 4.21. The smallest absolute Gasteiger partial charge is 0.415 e. The van der Waals surface area contributed by atoms with Crippen LogP contribution in [0.4, 0.5) is 4.79 Å². The van der Waals surface area contributed by atoms with E-state index in [2.05, 4.69) is 42.7 Å². The van der Waals surface area contributed by atoms with Crippen LogP contribution in [-0.4, -0.2) is 41.1 Å². The zero-order valence-electron chi connectivity index (χ0n) is 13.3. The third-order valence-electron chi connectivity index (χ3n) is 4.71. The molecule has 2 fully saturated rings. The Morgan fingerprint density at radius 1 is 1.23 bits per heavy atom. The molecule has 2 heterocycles. The van der Waals surface area contributed by atoms with Crippen LogP contribution in [0, 0.1) is 0 Å². The number of rotatable bonds is 4. The van der Waals surface area contributed by atoms with Gasteiger partial charge in [-0.15, -0.1) is 0 Å². The van der Waals surface area contributed by atoms with Crippen molar-refractivity contribution < 1.29 is 9.53 Å². The summed E-state index contributed by atoms with van der Waals surface area (Å²) in [5, 5.41) is 0. The number of ether oxygens (including phenoxy) is 1. The fourth-order valence-corrected chi connectivity index (χ4v) is 3.39. The number of hydrogen-bond acceptors (Lipinski definition) is 3. The molecule has 2 aliphatic heterocycles. The second-order valence-electron chi connectivity index (χ2n) is 6.22. The molecule has 1 aromatic carbocycles. The van der Waals surface area contributed by atoms with Gasteiger partial charge < -0.3 is 4.74 Å². The van der Waals surface area contributed by atoms with Crippen molar-refractivity contribution in [2.45, 2.75) is 38.3 Å². The normalized spacial score (nSPS) is 21.4. The average molecular weight is 300 g/mol. The van der Waals surface area contributed by atoms with Gasteiger partial charge in [-0.1, -0.05) is 43.8 Å². The predicted molar refractivity (Wildman–Crippen MR) is 86.3 cm³/mol. The van der Waals surface area contributed by atoms with E-state index in [1.165, 1.54) is 5.56 Å². The highest BCUT2D eigenvalue weighted by atomic mass is 16.6. The fourth-order valence-electron chi connectivity index (χ4n) is 3.39. The average Bonchev–Trinajstić information content (AvgIpc) is 2.76. The molecule has 0 bridgehead atoms. The quantitative estimate of drug-likeness (QED) is 0.854. The van der Waals surface area contributed by atoms with E-state index in [0.717, 1.165) is 44.6 Å². The van der Waals surface area contributed by atoms with Gasteiger partial charge in [-0.05, 0) is 12.0 Å². The van der Waals surface area contributed by atoms with Crippen LogP contribution < -0.4 is 0 Å². The van der Waals surface area contributed by atoms with Crippen LogP contribution >= 0.6 is 0 Å². The van der Waals surface area contributed by atoms with Crippen molar-refractivity contribution in [3.63, 3.8) is 0 Å². The minimum absolute atomic E-state index is 0.219. The summed E-state index contributed by atoms with van der Waals surface area (Å²) < 4.78 is 5.73. The largest absolute Gasteiger partial charge is 0.436 e. The summed E-state index contributed by atoms with van der Waals surface area (Å²) in [4.78, 5) is 16.2. The Morgan fingerprint density at radius 3 is 2.55 bits per heavy atom. The molecule has 0 N–H and O–H groups in total. The zero-order chi connectivity index (χ0) is 15.6. The van der Waals surface area contributed by atoms with Gasteiger partial charge in [-0.3, -0.25) is 9.80 Å². The Bertz CT molecular complexity index is 547. The van der Waals surface area contributed by atoms with Gasteiger partial charge in [-0.25, -0.2) is 4.79 Å². The molecule has 1 aromatic rings. The van der Waals surface area contributed by atoms with E-state index in [1.807, 2.05) is 6.07 Å². The molecule has 0 aromatic heterocycles. The van der Waals surface area contributed by atoms with Crippen molar-refractivity contribution in [3.8, 4) is 0 Å². The minimum atomic E-state index is -0.459. The molecule has 3 rings (SSSR count). The third kappa shape index (κ3) is 2.75. The molecular formula is C18H24N2O2. The van der Waals surface area contributed by atoms with E-state index in [0.29, 0.717) is 6.54 Å². The maximum absolute atomic E-state index is 12.0. The van der Waals surface area contributed by atoms with Crippen LogP contribution in [0.15, 0.2) is 42.6 Å². The van der Waals surface area contributed by atoms with Gasteiger partial charge in [0, 0.05) is 39.0 Å². The van der Waals surface area contributed by atoms with Gasteiger partial charge in [0.25, 0.3) is 0 Å². The molecule has 4 nitrogen and oxygen atoms in total. The van der Waals surface area contributed by atoms with Crippen LogP contribution in [0.3, 0.4) is 0 Å². The number of carbonyl (C=O) groups excluding carboxylic acids is 1. The molecule has 0 aliphatic carbocycles. The number of amides is 1. The first-order valence-corrected chi connectivity index (χ1v) is 8.11. The number of nitrogens with zero attached hydrogens (tertiary/aromatic N) is 2. The Hall–Kier alpha value is -1.81. The monoisotopic (exact) mass is 300 g/mol. The molecule has 0 saturated carbocycles. The fraction of sp³-hybridized carbons (Fsp3) is 0.500. The van der Waals surface area contributed by atoms with Crippen molar-refractivity contribution in [1.29, 1.82) is 0 Å². The standard InChI is InChI=1S/C18H24N2O2/c1-3-11-20-15(2)18(22-17(20)21)9-12-19(13-10-18)14-16-7-5-4-6-8-16/h4-8H,2-3,9-14H2,1H3. The van der Waals surface area contributed by atoms with Gasteiger partial charge in [0.1, 0.15) is 0 Å². The SMILES string of the molecule is C=C1N(CCC)C(=O)OC12CCN(Cc1ccccc1)CC2. The van der Waals surface area contributed by atoms with E-state index >= 15 is 0 Å². The molecule has 118 valence electrons. The molecule has 2 saturated heterocycles. The second kappa shape index (κ2) is 6.13. The van der Waals surface area contributed by atoms with E-state index < -0.39 is 5.60 Å². The van der Waals surface area contributed by atoms with E-state index in [1.54, 1.807) is 4.90 Å². The van der Waals surface area contributed by atoms with Crippen LogP contribution in [0.1, 0.15) is 31.7 Å². The summed E-state index contributed by atoms with van der Waals surface area (Å²) in [6.45, 7) is 9.74. The molecule has 1 amide bonds. The Morgan fingerprint density at radius 2 is 1.91 bits per heavy atom. The van der Waals surface area contributed by atoms with Gasteiger partial charge >= 0.3 is 6.09 Å². The third-order valence-corrected chi connectivity index (χ3v) is 4.71. The number of piperidine rings is 1. The lowest BCUT2D eigenvalue weighted by molar-refractivity contribution is 0.0127. The zero-order valence-corrected chi connectivity index (χ0v) is 13.3. The van der Waals surface area contributed by atoms with Crippen molar-refractivity contribution in [2.75, 3.05) is 19.6 Å². The summed E-state index contributed by atoms with van der Waals surface area (Å²) in [6, 6.07) is 10.5. The molecule has 1 spiro atoms. The van der Waals surface area contributed by atoms with Crippen LogP contribution in [0.2, 0.25) is 0 Å². The summed E-state index contributed by atoms with van der Waals surface area (Å²) in [6.07, 6.45) is 2.38. The van der Waals surface area contributed by atoms with E-state index in [4.69, 9.17) is 4.74 Å². The van der Waals surface area contributed by atoms with Gasteiger partial charge in [-0.2, -0.15) is 0 Å². The Balaban J connectivity index is 1.62. The maximum atomic E-state index is 12.0. The first-order chi connectivity index (χ1) is 10.6. The lowest BCUT2D eigenvalue weighted by Crippen LogP contribution is -2.45. The lowest BCUT2D eigenvalue weighted by atomic mass is 9.88. The molecule has 0 atom stereocenters. The highest BCUT2D eigenvalue weighted by Crippen LogP contribution is 2.40. The highest BCUT2D eigenvalue weighted by Gasteiger charge is 2.49. The summed E-state index contributed by atoms with van der Waals surface area (Å²) in [5.41, 5.74) is 1.73.